The van der Waals surface area contributed by atoms with Gasteiger partial charge in [-0.3, -0.25) is 4.79 Å². The molecule has 1 heterocycles. The van der Waals surface area contributed by atoms with Crippen molar-refractivity contribution in [3.8, 4) is 0 Å². The van der Waals surface area contributed by atoms with Gasteiger partial charge in [0, 0.05) is 0 Å². The normalized spacial score (nSPS) is 10.7. The first-order chi connectivity index (χ1) is 7.99. The molecule has 0 fully saturated rings. The van der Waals surface area contributed by atoms with Crippen LogP contribution in [0.4, 0.5) is 8.78 Å². The number of pyridine rings is 1. The summed E-state index contributed by atoms with van der Waals surface area (Å²) in [7, 11) is 1.21. The van der Waals surface area contributed by atoms with Crippen LogP contribution in [0.1, 0.15) is 23.2 Å². The highest BCUT2D eigenvalue weighted by molar-refractivity contribution is 14.1. The number of carbonyl (C=O) groups is 1. The minimum absolute atomic E-state index is 0.105. The molecule has 0 bridgehead atoms. The lowest BCUT2D eigenvalue weighted by molar-refractivity contribution is -0.139. The zero-order valence-electron chi connectivity index (χ0n) is 8.84. The average molecular weight is 376 g/mol. The van der Waals surface area contributed by atoms with Crippen molar-refractivity contribution in [2.75, 3.05) is 7.11 Å². The van der Waals surface area contributed by atoms with E-state index in [2.05, 4.69) is 9.72 Å². The van der Waals surface area contributed by atoms with Crippen LogP contribution in [0, 0.1) is 3.70 Å². The van der Waals surface area contributed by atoms with Crippen LogP contribution in [0.3, 0.4) is 0 Å². The zero-order chi connectivity index (χ0) is 13.0. The van der Waals surface area contributed by atoms with Crippen LogP contribution in [-0.2, 0) is 21.8 Å². The zero-order valence-corrected chi connectivity index (χ0v) is 11.8. The Balaban J connectivity index is 3.22. The third kappa shape index (κ3) is 3.74. The minimum Gasteiger partial charge on any atom is -0.469 e. The fourth-order valence-electron chi connectivity index (χ4n) is 1.30. The molecule has 7 heteroatoms. The first-order valence-corrected chi connectivity index (χ1v) is 6.20. The Kier molecular flexibility index (Phi) is 5.51. The molecule has 0 radical (unpaired) electrons. The second kappa shape index (κ2) is 6.44. The van der Waals surface area contributed by atoms with Crippen LogP contribution in [-0.4, -0.2) is 18.1 Å². The maximum Gasteiger partial charge on any atom is 0.309 e. The minimum atomic E-state index is -2.68. The van der Waals surface area contributed by atoms with E-state index in [1.165, 1.54) is 13.2 Å². The van der Waals surface area contributed by atoms with Gasteiger partial charge in [0.2, 0.25) is 0 Å². The molecule has 1 aromatic rings. The number of ether oxygens (including phenoxy) is 1. The van der Waals surface area contributed by atoms with Gasteiger partial charge in [-0.1, -0.05) is 0 Å². The maximum atomic E-state index is 12.8. The van der Waals surface area contributed by atoms with Crippen LogP contribution in [0.15, 0.2) is 6.07 Å². The van der Waals surface area contributed by atoms with Gasteiger partial charge in [0.05, 0.1) is 30.7 Å². The second-order valence-electron chi connectivity index (χ2n) is 3.16. The van der Waals surface area contributed by atoms with E-state index in [1.54, 1.807) is 22.6 Å². The van der Waals surface area contributed by atoms with Crippen molar-refractivity contribution >= 4 is 40.2 Å². The first-order valence-electron chi connectivity index (χ1n) is 4.58. The van der Waals surface area contributed by atoms with Crippen molar-refractivity contribution in [3.63, 3.8) is 0 Å². The lowest BCUT2D eigenvalue weighted by Gasteiger charge is -2.11. The number of hydrogen-bond acceptors (Lipinski definition) is 3. The SMILES string of the molecule is COC(=O)Cc1cc(CCl)nc(I)c1C(F)F. The molecule has 0 aromatic carbocycles. The third-order valence-electron chi connectivity index (χ3n) is 2.07. The molecule has 0 atom stereocenters. The summed E-state index contributed by atoms with van der Waals surface area (Å²) in [5.41, 5.74) is 0.436. The van der Waals surface area contributed by atoms with E-state index in [9.17, 15) is 13.6 Å². The third-order valence-corrected chi connectivity index (χ3v) is 3.16. The Hall–Kier alpha value is -0.500. The van der Waals surface area contributed by atoms with Gasteiger partial charge in [-0.05, 0) is 34.2 Å². The molecule has 0 unspecified atom stereocenters. The Labute approximate surface area is 116 Å². The second-order valence-corrected chi connectivity index (χ2v) is 4.45. The topological polar surface area (TPSA) is 39.2 Å². The van der Waals surface area contributed by atoms with Gasteiger partial charge in [0.1, 0.15) is 3.70 Å². The Morgan fingerprint density at radius 1 is 1.65 bits per heavy atom. The first kappa shape index (κ1) is 14.6. The average Bonchev–Trinajstić information content (AvgIpc) is 2.27. The number of rotatable bonds is 4. The summed E-state index contributed by atoms with van der Waals surface area (Å²) in [6.45, 7) is 0. The number of carbonyl (C=O) groups excluding carboxylic acids is 1. The number of aromatic nitrogens is 1. The summed E-state index contributed by atoms with van der Waals surface area (Å²) in [6, 6.07) is 1.41. The Morgan fingerprint density at radius 2 is 2.29 bits per heavy atom. The molecular formula is C10H9ClF2INO2. The molecule has 0 amide bonds. The van der Waals surface area contributed by atoms with E-state index in [1.807, 2.05) is 0 Å². The van der Waals surface area contributed by atoms with Crippen LogP contribution in [0.25, 0.3) is 0 Å². The Bertz CT molecular complexity index is 429. The van der Waals surface area contributed by atoms with Crippen LogP contribution >= 0.6 is 34.2 Å². The highest BCUT2D eigenvalue weighted by Crippen LogP contribution is 2.28. The van der Waals surface area contributed by atoms with Gasteiger partial charge in [0.15, 0.2) is 0 Å². The van der Waals surface area contributed by atoms with E-state index in [4.69, 9.17) is 11.6 Å². The molecule has 94 valence electrons. The largest absolute Gasteiger partial charge is 0.469 e. The highest BCUT2D eigenvalue weighted by Gasteiger charge is 2.21. The van der Waals surface area contributed by atoms with Crippen molar-refractivity contribution in [1.29, 1.82) is 0 Å². The van der Waals surface area contributed by atoms with E-state index < -0.39 is 12.4 Å². The molecule has 1 rings (SSSR count). The van der Waals surface area contributed by atoms with Crippen LogP contribution in [0.2, 0.25) is 0 Å². The molecule has 0 aliphatic heterocycles. The molecule has 0 saturated heterocycles. The number of methoxy groups -OCH3 is 1. The lowest BCUT2D eigenvalue weighted by Crippen LogP contribution is -2.10. The van der Waals surface area contributed by atoms with E-state index >= 15 is 0 Å². The van der Waals surface area contributed by atoms with Crippen LogP contribution in [0.5, 0.6) is 0 Å². The van der Waals surface area contributed by atoms with Gasteiger partial charge < -0.3 is 4.74 Å². The summed E-state index contributed by atoms with van der Waals surface area (Å²) in [6.07, 6.45) is -2.89. The highest BCUT2D eigenvalue weighted by atomic mass is 127. The van der Waals surface area contributed by atoms with E-state index in [0.29, 0.717) is 5.69 Å². The summed E-state index contributed by atoms with van der Waals surface area (Å²) in [5, 5.41) is 0. The van der Waals surface area contributed by atoms with Gasteiger partial charge in [-0.25, -0.2) is 13.8 Å². The number of halogens is 4. The smallest absolute Gasteiger partial charge is 0.309 e. The van der Waals surface area contributed by atoms with Gasteiger partial charge >= 0.3 is 5.97 Å². The molecule has 17 heavy (non-hydrogen) atoms. The Morgan fingerprint density at radius 3 is 2.76 bits per heavy atom. The van der Waals surface area contributed by atoms with Crippen molar-refractivity contribution in [1.82, 2.24) is 4.98 Å². The predicted molar refractivity (Wildman–Crippen MR) is 67.2 cm³/mol. The molecule has 0 aliphatic rings. The summed E-state index contributed by atoms with van der Waals surface area (Å²) in [4.78, 5) is 15.1. The molecule has 3 nitrogen and oxygen atoms in total. The molecule has 0 aliphatic carbocycles. The summed E-state index contributed by atoms with van der Waals surface area (Å²) in [5.74, 6) is -0.470. The standard InChI is InChI=1S/C10H9ClF2INO2/c1-17-7(16)3-5-2-6(4-11)15-10(14)8(5)9(12)13/h2,9H,3-4H2,1H3. The van der Waals surface area contributed by atoms with Crippen LogP contribution < -0.4 is 0 Å². The molecular weight excluding hydrogens is 366 g/mol. The van der Waals surface area contributed by atoms with Crippen molar-refractivity contribution < 1.29 is 18.3 Å². The number of nitrogens with zero attached hydrogens (tertiary/aromatic N) is 1. The van der Waals surface area contributed by atoms with Crippen molar-refractivity contribution in [2.45, 2.75) is 18.7 Å². The summed E-state index contributed by atoms with van der Waals surface area (Å²) >= 11 is 7.31. The number of esters is 1. The fourth-order valence-corrected chi connectivity index (χ4v) is 2.33. The van der Waals surface area contributed by atoms with Crippen molar-refractivity contribution in [2.24, 2.45) is 0 Å². The number of alkyl halides is 3. The quantitative estimate of drug-likeness (QED) is 0.351. The predicted octanol–water partition coefficient (Wildman–Crippen LogP) is 3.08. The molecule has 0 N–H and O–H groups in total. The maximum absolute atomic E-state index is 12.8. The van der Waals surface area contributed by atoms with E-state index in [-0.39, 0.29) is 27.1 Å². The van der Waals surface area contributed by atoms with Gasteiger partial charge in [0.25, 0.3) is 6.43 Å². The summed E-state index contributed by atoms with van der Waals surface area (Å²) < 4.78 is 30.3. The molecule has 0 spiro atoms. The number of hydrogen-bond donors (Lipinski definition) is 0. The van der Waals surface area contributed by atoms with Gasteiger partial charge in [-0.2, -0.15) is 0 Å². The van der Waals surface area contributed by atoms with E-state index in [0.717, 1.165) is 0 Å². The van der Waals surface area contributed by atoms with Gasteiger partial charge in [-0.15, -0.1) is 11.6 Å². The fraction of sp³-hybridized carbons (Fsp3) is 0.400. The monoisotopic (exact) mass is 375 g/mol. The molecule has 0 saturated carbocycles. The lowest BCUT2D eigenvalue weighted by atomic mass is 10.1. The van der Waals surface area contributed by atoms with Crippen molar-refractivity contribution in [3.05, 3.63) is 26.6 Å². The molecule has 1 aromatic heterocycles.